The molecule has 1 fully saturated rings. The lowest BCUT2D eigenvalue weighted by Gasteiger charge is -2.36. The Morgan fingerprint density at radius 3 is 2.09 bits per heavy atom. The molecule has 0 unspecified atom stereocenters. The summed E-state index contributed by atoms with van der Waals surface area (Å²) >= 11 is 6.03. The minimum Gasteiger partial charge on any atom is -0.369 e. The molecule has 0 amide bonds. The molecule has 0 atom stereocenters. The Balaban J connectivity index is 1.20. The number of hydrogen-bond donors (Lipinski definition) is 0. The number of nitrogens with zero attached hydrogens (tertiary/aromatic N) is 4. The van der Waals surface area contributed by atoms with E-state index in [1.807, 2.05) is 18.2 Å². The van der Waals surface area contributed by atoms with Crippen molar-refractivity contribution in [1.82, 2.24) is 14.7 Å². The van der Waals surface area contributed by atoms with E-state index in [1.54, 1.807) is 0 Å². The van der Waals surface area contributed by atoms with Crippen molar-refractivity contribution >= 4 is 17.3 Å². The number of aromatic nitrogens is 2. The maximum absolute atomic E-state index is 6.03. The van der Waals surface area contributed by atoms with Gasteiger partial charge in [0.05, 0.1) is 17.1 Å². The molecule has 168 valence electrons. The van der Waals surface area contributed by atoms with Crippen LogP contribution in [0.3, 0.4) is 0 Å². The lowest BCUT2D eigenvalue weighted by Crippen LogP contribution is -2.46. The summed E-state index contributed by atoms with van der Waals surface area (Å²) in [7, 11) is 0. The maximum Gasteiger partial charge on any atom is 0.0743 e. The number of rotatable bonds is 7. The Hall–Kier alpha value is -3.08. The van der Waals surface area contributed by atoms with Crippen LogP contribution in [0.25, 0.3) is 16.9 Å². The minimum absolute atomic E-state index is 0.794. The largest absolute Gasteiger partial charge is 0.369 e. The van der Waals surface area contributed by atoms with Gasteiger partial charge in [-0.15, -0.1) is 0 Å². The molecule has 2 heterocycles. The van der Waals surface area contributed by atoms with Gasteiger partial charge in [-0.2, -0.15) is 5.10 Å². The summed E-state index contributed by atoms with van der Waals surface area (Å²) < 4.78 is 2.08. The van der Waals surface area contributed by atoms with Crippen molar-refractivity contribution in [3.8, 4) is 16.9 Å². The van der Waals surface area contributed by atoms with E-state index in [0.29, 0.717) is 0 Å². The van der Waals surface area contributed by atoms with Gasteiger partial charge in [-0.05, 0) is 61.9 Å². The van der Waals surface area contributed by atoms with Crippen molar-refractivity contribution in [1.29, 1.82) is 0 Å². The van der Waals surface area contributed by atoms with Crippen LogP contribution in [0.1, 0.15) is 12.1 Å². The van der Waals surface area contributed by atoms with Crippen LogP contribution in [-0.4, -0.2) is 47.4 Å². The lowest BCUT2D eigenvalue weighted by molar-refractivity contribution is 0.255. The number of piperazine rings is 1. The molecular formula is C28H29ClN4. The average Bonchev–Trinajstić information content (AvgIpc) is 3.30. The summed E-state index contributed by atoms with van der Waals surface area (Å²) in [5, 5.41) is 5.77. The topological polar surface area (TPSA) is 24.3 Å². The van der Waals surface area contributed by atoms with Gasteiger partial charge < -0.3 is 4.90 Å². The predicted octanol–water partition coefficient (Wildman–Crippen LogP) is 5.95. The third-order valence-electron chi connectivity index (χ3n) is 6.30. The van der Waals surface area contributed by atoms with Gasteiger partial charge >= 0.3 is 0 Å². The zero-order chi connectivity index (χ0) is 22.5. The predicted molar refractivity (Wildman–Crippen MR) is 137 cm³/mol. The standard InChI is InChI=1S/C28H29ClN4/c29-24-13-15-26(16-14-24)32-20-18-31(19-21-32)17-7-10-25-22-28(23-8-3-1-4-9-23)33(30-25)27-11-5-2-6-12-27/h1-6,8-9,11-16,22H,7,10,17-21H2. The second-order valence-electron chi connectivity index (χ2n) is 8.54. The number of halogens is 1. The first-order valence-electron chi connectivity index (χ1n) is 11.7. The molecule has 0 aliphatic carbocycles. The van der Waals surface area contributed by atoms with E-state index < -0.39 is 0 Å². The van der Waals surface area contributed by atoms with E-state index in [4.69, 9.17) is 16.7 Å². The highest BCUT2D eigenvalue weighted by Gasteiger charge is 2.17. The summed E-state index contributed by atoms with van der Waals surface area (Å²) in [5.41, 5.74) is 5.85. The lowest BCUT2D eigenvalue weighted by atomic mass is 10.1. The Morgan fingerprint density at radius 1 is 0.727 bits per heavy atom. The fraction of sp³-hybridized carbons (Fsp3) is 0.250. The van der Waals surface area contributed by atoms with Gasteiger partial charge in [0.15, 0.2) is 0 Å². The monoisotopic (exact) mass is 456 g/mol. The van der Waals surface area contributed by atoms with Crippen LogP contribution in [0.5, 0.6) is 0 Å². The molecule has 4 nitrogen and oxygen atoms in total. The first-order chi connectivity index (χ1) is 16.3. The summed E-state index contributed by atoms with van der Waals surface area (Å²) in [5.74, 6) is 0. The molecule has 33 heavy (non-hydrogen) atoms. The van der Waals surface area contributed by atoms with E-state index in [1.165, 1.54) is 11.3 Å². The van der Waals surface area contributed by atoms with Crippen molar-refractivity contribution in [3.63, 3.8) is 0 Å². The van der Waals surface area contributed by atoms with Crippen molar-refractivity contribution in [2.45, 2.75) is 12.8 Å². The van der Waals surface area contributed by atoms with Crippen LogP contribution < -0.4 is 4.90 Å². The molecule has 5 heteroatoms. The van der Waals surface area contributed by atoms with Crippen LogP contribution in [0.4, 0.5) is 5.69 Å². The van der Waals surface area contributed by atoms with Crippen LogP contribution in [0.2, 0.25) is 5.02 Å². The van der Waals surface area contributed by atoms with Crippen LogP contribution in [0, 0.1) is 0 Å². The molecule has 5 rings (SSSR count). The molecule has 1 saturated heterocycles. The third-order valence-corrected chi connectivity index (χ3v) is 6.55. The molecule has 1 aliphatic heterocycles. The van der Waals surface area contributed by atoms with Crippen LogP contribution in [-0.2, 0) is 6.42 Å². The van der Waals surface area contributed by atoms with E-state index >= 15 is 0 Å². The normalized spacial score (nSPS) is 14.5. The SMILES string of the molecule is Clc1ccc(N2CCN(CCCc3cc(-c4ccccc4)n(-c4ccccc4)n3)CC2)cc1. The zero-order valence-corrected chi connectivity index (χ0v) is 19.5. The zero-order valence-electron chi connectivity index (χ0n) is 18.8. The van der Waals surface area contributed by atoms with Crippen molar-refractivity contribution in [2.75, 3.05) is 37.6 Å². The van der Waals surface area contributed by atoms with Crippen molar-refractivity contribution in [3.05, 3.63) is 102 Å². The molecule has 3 aromatic carbocycles. The summed E-state index contributed by atoms with van der Waals surface area (Å²) in [4.78, 5) is 5.01. The Labute approximate surface area is 201 Å². The molecule has 1 aliphatic rings. The summed E-state index contributed by atoms with van der Waals surface area (Å²) in [6.45, 7) is 5.41. The average molecular weight is 457 g/mol. The van der Waals surface area contributed by atoms with Crippen LogP contribution in [0.15, 0.2) is 91.0 Å². The highest BCUT2D eigenvalue weighted by molar-refractivity contribution is 6.30. The quantitative estimate of drug-likeness (QED) is 0.343. The maximum atomic E-state index is 6.03. The highest BCUT2D eigenvalue weighted by Crippen LogP contribution is 2.25. The van der Waals surface area contributed by atoms with Gasteiger partial charge in [0.1, 0.15) is 0 Å². The van der Waals surface area contributed by atoms with Crippen molar-refractivity contribution in [2.24, 2.45) is 0 Å². The number of benzene rings is 3. The molecule has 0 bridgehead atoms. The highest BCUT2D eigenvalue weighted by atomic mass is 35.5. The second kappa shape index (κ2) is 10.2. The van der Waals surface area contributed by atoms with Gasteiger partial charge in [-0.3, -0.25) is 4.90 Å². The molecule has 0 N–H and O–H groups in total. The number of para-hydroxylation sites is 1. The summed E-state index contributed by atoms with van der Waals surface area (Å²) in [6.07, 6.45) is 2.10. The van der Waals surface area contributed by atoms with Crippen LogP contribution >= 0.6 is 11.6 Å². The number of anilines is 1. The van der Waals surface area contributed by atoms with Gasteiger partial charge in [0.2, 0.25) is 0 Å². The summed E-state index contributed by atoms with van der Waals surface area (Å²) in [6, 6.07) is 31.4. The molecular weight excluding hydrogens is 428 g/mol. The molecule has 4 aromatic rings. The van der Waals surface area contributed by atoms with Gasteiger partial charge in [0, 0.05) is 42.5 Å². The van der Waals surface area contributed by atoms with E-state index in [0.717, 1.165) is 67.7 Å². The number of aryl methyl sites for hydroxylation is 1. The minimum atomic E-state index is 0.794. The van der Waals surface area contributed by atoms with E-state index in [-0.39, 0.29) is 0 Å². The smallest absolute Gasteiger partial charge is 0.0743 e. The Bertz CT molecular complexity index is 1090. The molecule has 0 radical (unpaired) electrons. The van der Waals surface area contributed by atoms with E-state index in [2.05, 4.69) is 87.3 Å². The van der Waals surface area contributed by atoms with Gasteiger partial charge in [-0.25, -0.2) is 4.68 Å². The molecule has 0 spiro atoms. The Morgan fingerprint density at radius 2 is 1.39 bits per heavy atom. The fourth-order valence-corrected chi connectivity index (χ4v) is 4.62. The van der Waals surface area contributed by atoms with E-state index in [9.17, 15) is 0 Å². The first kappa shape index (κ1) is 21.7. The fourth-order valence-electron chi connectivity index (χ4n) is 4.50. The first-order valence-corrected chi connectivity index (χ1v) is 12.1. The number of hydrogen-bond acceptors (Lipinski definition) is 3. The van der Waals surface area contributed by atoms with Gasteiger partial charge in [-0.1, -0.05) is 60.1 Å². The third kappa shape index (κ3) is 5.29. The Kier molecular flexibility index (Phi) is 6.75. The molecule has 1 aromatic heterocycles. The van der Waals surface area contributed by atoms with Gasteiger partial charge in [0.25, 0.3) is 0 Å². The van der Waals surface area contributed by atoms with Crippen molar-refractivity contribution < 1.29 is 0 Å². The second-order valence-corrected chi connectivity index (χ2v) is 8.98. The molecule has 0 saturated carbocycles.